The molecule has 1 aromatic heterocycles. The van der Waals surface area contributed by atoms with E-state index in [0.717, 1.165) is 35.5 Å². The highest BCUT2D eigenvalue weighted by molar-refractivity contribution is 7.98. The van der Waals surface area contributed by atoms with Crippen molar-refractivity contribution in [3.05, 3.63) is 70.4 Å². The summed E-state index contributed by atoms with van der Waals surface area (Å²) in [4.78, 5) is 8.36. The third kappa shape index (κ3) is 5.76. The van der Waals surface area contributed by atoms with E-state index >= 15 is 0 Å². The molecule has 0 bridgehead atoms. The number of carbonyl (C=O) groups is 1. The number of hydrogen-bond acceptors (Lipinski definition) is 5. The van der Waals surface area contributed by atoms with E-state index in [0.29, 0.717) is 5.92 Å². The molecule has 6 nitrogen and oxygen atoms in total. The molecule has 34 heavy (non-hydrogen) atoms. The summed E-state index contributed by atoms with van der Waals surface area (Å²) in [6.07, 6.45) is 4.96. The second kappa shape index (κ2) is 11.5. The Balaban J connectivity index is 0.000000868. The van der Waals surface area contributed by atoms with Gasteiger partial charge in [-0.2, -0.15) is 16.9 Å². The van der Waals surface area contributed by atoms with E-state index in [1.54, 1.807) is 0 Å². The normalized spacial score (nSPS) is 18.6. The Bertz CT molecular complexity index is 1100. The van der Waals surface area contributed by atoms with Crippen molar-refractivity contribution in [3.8, 4) is 0 Å². The molecular formula is C27H34N4O2S. The van der Waals surface area contributed by atoms with Gasteiger partial charge in [0.25, 0.3) is 6.47 Å². The Labute approximate surface area is 205 Å². The van der Waals surface area contributed by atoms with Crippen molar-refractivity contribution in [1.82, 2.24) is 10.2 Å². The molecule has 2 aliphatic rings. The van der Waals surface area contributed by atoms with Gasteiger partial charge in [-0.25, -0.2) is 0 Å². The van der Waals surface area contributed by atoms with Gasteiger partial charge >= 0.3 is 0 Å². The van der Waals surface area contributed by atoms with Crippen LogP contribution in [0.2, 0.25) is 0 Å². The first-order valence-corrected chi connectivity index (χ1v) is 13.2. The lowest BCUT2D eigenvalue weighted by Gasteiger charge is -2.12. The van der Waals surface area contributed by atoms with E-state index in [4.69, 9.17) is 9.90 Å². The van der Waals surface area contributed by atoms with E-state index in [9.17, 15) is 0 Å². The van der Waals surface area contributed by atoms with Crippen LogP contribution in [0.4, 0.5) is 17.2 Å². The second-order valence-electron chi connectivity index (χ2n) is 9.12. The number of aromatic nitrogens is 2. The van der Waals surface area contributed by atoms with Crippen LogP contribution in [0, 0.1) is 12.8 Å². The lowest BCUT2D eigenvalue weighted by atomic mass is 9.94. The van der Waals surface area contributed by atoms with E-state index < -0.39 is 0 Å². The molecule has 4 N–H and O–H groups in total. The first kappa shape index (κ1) is 24.2. The lowest BCUT2D eigenvalue weighted by Crippen LogP contribution is -2.02. The summed E-state index contributed by atoms with van der Waals surface area (Å²) in [5, 5.41) is 21.8. The lowest BCUT2D eigenvalue weighted by molar-refractivity contribution is -0.122. The number of nitrogens with one attached hydrogen (secondary N) is 3. The Morgan fingerprint density at radius 2 is 1.85 bits per heavy atom. The van der Waals surface area contributed by atoms with Gasteiger partial charge in [-0.1, -0.05) is 18.2 Å². The molecule has 2 atom stereocenters. The predicted octanol–water partition coefficient (Wildman–Crippen LogP) is 6.47. The molecule has 1 saturated carbocycles. The molecule has 2 heterocycles. The number of benzene rings is 2. The summed E-state index contributed by atoms with van der Waals surface area (Å²) in [5.41, 5.74) is 9.34. The summed E-state index contributed by atoms with van der Waals surface area (Å²) >= 11 is 1.99. The van der Waals surface area contributed by atoms with Crippen molar-refractivity contribution >= 4 is 35.4 Å². The Hall–Kier alpha value is -2.93. The molecule has 7 heteroatoms. The third-order valence-electron chi connectivity index (χ3n) is 6.84. The van der Waals surface area contributed by atoms with Crippen LogP contribution in [0.15, 0.2) is 42.5 Å². The molecule has 1 aliphatic heterocycles. The summed E-state index contributed by atoms with van der Waals surface area (Å²) in [6.45, 7) is 5.06. The molecule has 2 aromatic carbocycles. The van der Waals surface area contributed by atoms with Crippen LogP contribution in [-0.4, -0.2) is 28.3 Å². The molecule has 2 unspecified atom stereocenters. The van der Waals surface area contributed by atoms with Gasteiger partial charge in [0, 0.05) is 46.6 Å². The first-order chi connectivity index (χ1) is 16.6. The topological polar surface area (TPSA) is 90.0 Å². The van der Waals surface area contributed by atoms with Crippen LogP contribution in [0.5, 0.6) is 0 Å². The maximum absolute atomic E-state index is 8.36. The van der Waals surface area contributed by atoms with E-state index in [1.807, 2.05) is 11.8 Å². The van der Waals surface area contributed by atoms with Gasteiger partial charge in [0.1, 0.15) is 0 Å². The molecule has 0 saturated heterocycles. The minimum Gasteiger partial charge on any atom is -0.483 e. The van der Waals surface area contributed by atoms with Crippen LogP contribution in [0.25, 0.3) is 0 Å². The quantitative estimate of drug-likeness (QED) is 0.291. The van der Waals surface area contributed by atoms with Gasteiger partial charge in [0.15, 0.2) is 5.82 Å². The van der Waals surface area contributed by atoms with Crippen molar-refractivity contribution in [2.45, 2.75) is 57.0 Å². The smallest absolute Gasteiger partial charge is 0.290 e. The van der Waals surface area contributed by atoms with Crippen molar-refractivity contribution in [2.24, 2.45) is 5.92 Å². The zero-order valence-electron chi connectivity index (χ0n) is 19.9. The maximum atomic E-state index is 8.36. The third-order valence-corrected chi connectivity index (χ3v) is 7.87. The van der Waals surface area contributed by atoms with Gasteiger partial charge in [-0.15, -0.1) is 0 Å². The Kier molecular flexibility index (Phi) is 8.16. The zero-order valence-corrected chi connectivity index (χ0v) is 20.8. The molecular weight excluding hydrogens is 444 g/mol. The monoisotopic (exact) mass is 478 g/mol. The van der Waals surface area contributed by atoms with Crippen molar-refractivity contribution < 1.29 is 9.90 Å². The fraction of sp³-hybridized carbons (Fsp3) is 0.407. The number of hydrogen-bond donors (Lipinski definition) is 4. The minimum atomic E-state index is -0.250. The molecule has 0 radical (unpaired) electrons. The maximum Gasteiger partial charge on any atom is 0.290 e. The van der Waals surface area contributed by atoms with E-state index in [2.05, 4.69) is 77.1 Å². The van der Waals surface area contributed by atoms with Crippen LogP contribution in [-0.2, 0) is 22.7 Å². The largest absolute Gasteiger partial charge is 0.483 e. The predicted molar refractivity (Wildman–Crippen MR) is 141 cm³/mol. The van der Waals surface area contributed by atoms with Gasteiger partial charge in [-0.3, -0.25) is 9.89 Å². The highest BCUT2D eigenvalue weighted by Crippen LogP contribution is 2.41. The van der Waals surface area contributed by atoms with Gasteiger partial charge in [0.05, 0.1) is 0 Å². The number of H-pyrrole nitrogens is 1. The summed E-state index contributed by atoms with van der Waals surface area (Å²) < 4.78 is 0. The highest BCUT2D eigenvalue weighted by atomic mass is 32.2. The molecule has 1 fully saturated rings. The standard InChI is InChI=1S/C26H32N4S.CH2O2/c1-3-27-23-9-5-18(6-10-23)12-19-4-7-20(13-19)25-17(2)26(30-29-25)28-24-11-8-21-15-31-16-22(21)14-24;2-1-3/h5-6,8-11,14,19-20,27H,3-4,7,12-13,15-16H2,1-2H3,(H2,28,29,30);1H,(H,2,3). The summed E-state index contributed by atoms with van der Waals surface area (Å²) in [5.74, 6) is 4.58. The first-order valence-electron chi connectivity index (χ1n) is 12.0. The number of fused-ring (bicyclic) bond motifs is 1. The number of anilines is 3. The van der Waals surface area contributed by atoms with Crippen LogP contribution >= 0.6 is 11.8 Å². The number of nitrogens with zero attached hydrogens (tertiary/aromatic N) is 1. The average Bonchev–Trinajstić information content (AvgIpc) is 3.57. The van der Waals surface area contributed by atoms with Gasteiger partial charge in [0.2, 0.25) is 0 Å². The van der Waals surface area contributed by atoms with Crippen molar-refractivity contribution in [3.63, 3.8) is 0 Å². The second-order valence-corrected chi connectivity index (χ2v) is 10.1. The fourth-order valence-corrected chi connectivity index (χ4v) is 6.23. The van der Waals surface area contributed by atoms with E-state index in [-0.39, 0.29) is 6.47 Å². The van der Waals surface area contributed by atoms with Gasteiger partial charge in [-0.05, 0) is 86.4 Å². The Morgan fingerprint density at radius 3 is 2.62 bits per heavy atom. The molecule has 5 rings (SSSR count). The Morgan fingerprint density at radius 1 is 1.12 bits per heavy atom. The van der Waals surface area contributed by atoms with Crippen molar-refractivity contribution in [1.29, 1.82) is 0 Å². The minimum absolute atomic E-state index is 0.250. The number of carboxylic acid groups (broad SMARTS) is 1. The summed E-state index contributed by atoms with van der Waals surface area (Å²) in [6, 6.07) is 15.7. The molecule has 1 aliphatic carbocycles. The van der Waals surface area contributed by atoms with Crippen LogP contribution < -0.4 is 10.6 Å². The molecule has 0 spiro atoms. The van der Waals surface area contributed by atoms with Gasteiger partial charge < -0.3 is 15.7 Å². The molecule has 3 aromatic rings. The zero-order chi connectivity index (χ0) is 23.9. The number of thioether (sulfide) groups is 1. The number of aromatic amines is 1. The van der Waals surface area contributed by atoms with Crippen molar-refractivity contribution in [2.75, 3.05) is 17.2 Å². The average molecular weight is 479 g/mol. The number of rotatable bonds is 7. The fourth-order valence-electron chi connectivity index (χ4n) is 5.14. The van der Waals surface area contributed by atoms with Crippen LogP contribution in [0.1, 0.15) is 60.1 Å². The van der Waals surface area contributed by atoms with Crippen LogP contribution in [0.3, 0.4) is 0 Å². The summed E-state index contributed by atoms with van der Waals surface area (Å²) in [7, 11) is 0. The SMILES string of the molecule is CCNc1ccc(CC2CCC(c3[nH]nc(Nc4ccc5c(c4)CSC5)c3C)C2)cc1.O=CO. The molecule has 0 amide bonds. The van der Waals surface area contributed by atoms with E-state index in [1.165, 1.54) is 59.3 Å². The molecule has 180 valence electrons. The highest BCUT2D eigenvalue weighted by Gasteiger charge is 2.29.